The van der Waals surface area contributed by atoms with Gasteiger partial charge in [0.1, 0.15) is 5.82 Å². The molecule has 0 spiro atoms. The Labute approximate surface area is 103 Å². The summed E-state index contributed by atoms with van der Waals surface area (Å²) in [7, 11) is 0. The molecule has 0 radical (unpaired) electrons. The summed E-state index contributed by atoms with van der Waals surface area (Å²) in [5, 5.41) is 1.40. The second kappa shape index (κ2) is 3.80. The minimum absolute atomic E-state index is 0.220. The molecule has 90 valence electrons. The number of nitrogens with two attached hydrogens (primary N) is 1. The Hall–Kier alpha value is -2.43. The maximum Gasteiger partial charge on any atom is 0.279 e. The molecular formula is C13H12N4O. The van der Waals surface area contributed by atoms with Gasteiger partial charge in [-0.05, 0) is 24.3 Å². The van der Waals surface area contributed by atoms with E-state index in [1.165, 1.54) is 0 Å². The Morgan fingerprint density at radius 2 is 2.11 bits per heavy atom. The molecule has 0 amide bonds. The van der Waals surface area contributed by atoms with Crippen LogP contribution in [0.5, 0.6) is 0 Å². The number of hydrogen-bond donors (Lipinski definition) is 1. The van der Waals surface area contributed by atoms with E-state index in [0.717, 1.165) is 15.6 Å². The van der Waals surface area contributed by atoms with Crippen LogP contribution in [-0.4, -0.2) is 14.6 Å². The van der Waals surface area contributed by atoms with E-state index in [2.05, 4.69) is 9.97 Å². The summed E-state index contributed by atoms with van der Waals surface area (Å²) in [6.07, 6.45) is 2.33. The van der Waals surface area contributed by atoms with E-state index in [9.17, 15) is 4.79 Å². The normalized spacial score (nSPS) is 11.2. The van der Waals surface area contributed by atoms with Crippen molar-refractivity contribution in [3.8, 4) is 0 Å². The number of pyridine rings is 1. The summed E-state index contributed by atoms with van der Waals surface area (Å²) < 4.78 is 1.12. The van der Waals surface area contributed by atoms with Crippen molar-refractivity contribution in [3.05, 3.63) is 46.6 Å². The zero-order chi connectivity index (χ0) is 12.7. The van der Waals surface area contributed by atoms with Crippen LogP contribution in [0.25, 0.3) is 21.8 Å². The summed E-state index contributed by atoms with van der Waals surface area (Å²) in [6.45, 7) is 1.92. The van der Waals surface area contributed by atoms with Gasteiger partial charge in [-0.1, -0.05) is 6.92 Å². The van der Waals surface area contributed by atoms with Crippen molar-refractivity contribution in [1.29, 1.82) is 0 Å². The monoisotopic (exact) mass is 240 g/mol. The Bertz CT molecular complexity index is 807. The zero-order valence-electron chi connectivity index (χ0n) is 9.92. The van der Waals surface area contributed by atoms with Crippen molar-refractivity contribution in [2.24, 2.45) is 0 Å². The highest BCUT2D eigenvalue weighted by molar-refractivity contribution is 6.03. The molecule has 0 aliphatic rings. The highest BCUT2D eigenvalue weighted by Gasteiger charge is 2.10. The van der Waals surface area contributed by atoms with E-state index in [-0.39, 0.29) is 5.56 Å². The quantitative estimate of drug-likeness (QED) is 0.512. The van der Waals surface area contributed by atoms with Gasteiger partial charge in [-0.2, -0.15) is 0 Å². The third kappa shape index (κ3) is 1.37. The third-order valence-corrected chi connectivity index (χ3v) is 3.04. The van der Waals surface area contributed by atoms with Crippen LogP contribution in [0.15, 0.2) is 35.3 Å². The molecule has 18 heavy (non-hydrogen) atoms. The number of aryl methyl sites for hydroxylation is 1. The van der Waals surface area contributed by atoms with Crippen LogP contribution < -0.4 is 11.4 Å². The molecule has 0 aliphatic carbocycles. The number of rotatable bonds is 1. The number of fused-ring (bicyclic) bond motifs is 3. The molecule has 3 aromatic rings. The Kier molecular flexibility index (Phi) is 2.26. The van der Waals surface area contributed by atoms with Crippen LogP contribution in [0, 0.1) is 0 Å². The topological polar surface area (TPSA) is 73.8 Å². The minimum atomic E-state index is -0.220. The Morgan fingerprint density at radius 1 is 1.28 bits per heavy atom. The lowest BCUT2D eigenvalue weighted by Gasteiger charge is -2.08. The molecule has 2 heterocycles. The fourth-order valence-corrected chi connectivity index (χ4v) is 2.11. The minimum Gasteiger partial charge on any atom is -0.335 e. The van der Waals surface area contributed by atoms with Crippen molar-refractivity contribution in [2.45, 2.75) is 13.3 Å². The lowest BCUT2D eigenvalue weighted by Crippen LogP contribution is -2.31. The number of benzene rings is 1. The molecule has 0 saturated carbocycles. The van der Waals surface area contributed by atoms with Gasteiger partial charge >= 0.3 is 0 Å². The van der Waals surface area contributed by atoms with Crippen molar-refractivity contribution in [3.63, 3.8) is 0 Å². The predicted octanol–water partition coefficient (Wildman–Crippen LogP) is 1.22. The van der Waals surface area contributed by atoms with Crippen molar-refractivity contribution in [2.75, 3.05) is 5.84 Å². The standard InChI is InChI=1S/C13H12N4O/c1-2-11-16-12-8-4-3-7-15-10(8)6-5-9(12)13(18)17(11)14/h3-7H,2,14H2,1H3. The molecule has 1 aromatic carbocycles. The van der Waals surface area contributed by atoms with Crippen LogP contribution >= 0.6 is 0 Å². The molecule has 0 atom stereocenters. The molecule has 3 rings (SSSR count). The molecule has 0 fully saturated rings. The molecule has 0 saturated heterocycles. The van der Waals surface area contributed by atoms with Gasteiger partial charge in [-0.25, -0.2) is 9.66 Å². The number of hydrogen-bond acceptors (Lipinski definition) is 4. The van der Waals surface area contributed by atoms with Gasteiger partial charge in [0.25, 0.3) is 5.56 Å². The predicted molar refractivity (Wildman–Crippen MR) is 70.8 cm³/mol. The molecule has 0 aliphatic heterocycles. The average Bonchev–Trinajstić information content (AvgIpc) is 2.42. The molecule has 0 unspecified atom stereocenters. The summed E-state index contributed by atoms with van der Waals surface area (Å²) >= 11 is 0. The fraction of sp³-hybridized carbons (Fsp3) is 0.154. The van der Waals surface area contributed by atoms with E-state index >= 15 is 0 Å². The van der Waals surface area contributed by atoms with E-state index < -0.39 is 0 Å². The number of nitrogens with zero attached hydrogens (tertiary/aromatic N) is 3. The van der Waals surface area contributed by atoms with Crippen molar-refractivity contribution in [1.82, 2.24) is 14.6 Å². The fourth-order valence-electron chi connectivity index (χ4n) is 2.11. The molecule has 0 bridgehead atoms. The maximum absolute atomic E-state index is 12.1. The summed E-state index contributed by atoms with van der Waals surface area (Å²) in [4.78, 5) is 20.9. The summed E-state index contributed by atoms with van der Waals surface area (Å²) in [6, 6.07) is 7.29. The largest absolute Gasteiger partial charge is 0.335 e. The van der Waals surface area contributed by atoms with E-state index in [0.29, 0.717) is 23.1 Å². The van der Waals surface area contributed by atoms with Gasteiger partial charge in [0.2, 0.25) is 0 Å². The second-order valence-electron chi connectivity index (χ2n) is 4.09. The Morgan fingerprint density at radius 3 is 2.89 bits per heavy atom. The van der Waals surface area contributed by atoms with E-state index in [1.807, 2.05) is 25.1 Å². The van der Waals surface area contributed by atoms with Crippen molar-refractivity contribution >= 4 is 21.8 Å². The first-order valence-corrected chi connectivity index (χ1v) is 5.77. The van der Waals surface area contributed by atoms with Gasteiger partial charge in [-0.3, -0.25) is 9.78 Å². The average molecular weight is 240 g/mol. The van der Waals surface area contributed by atoms with Gasteiger partial charge < -0.3 is 5.84 Å². The first-order chi connectivity index (χ1) is 8.72. The maximum atomic E-state index is 12.1. The molecule has 5 nitrogen and oxygen atoms in total. The van der Waals surface area contributed by atoms with E-state index in [1.54, 1.807) is 12.3 Å². The number of nitrogen functional groups attached to an aromatic ring is 1. The lowest BCUT2D eigenvalue weighted by atomic mass is 10.1. The third-order valence-electron chi connectivity index (χ3n) is 3.04. The van der Waals surface area contributed by atoms with Crippen LogP contribution in [0.4, 0.5) is 0 Å². The Balaban J connectivity index is 2.58. The van der Waals surface area contributed by atoms with Crippen LogP contribution in [-0.2, 0) is 6.42 Å². The van der Waals surface area contributed by atoms with Gasteiger partial charge in [-0.15, -0.1) is 0 Å². The van der Waals surface area contributed by atoms with Crippen LogP contribution in [0.3, 0.4) is 0 Å². The molecular weight excluding hydrogens is 228 g/mol. The molecule has 5 heteroatoms. The summed E-state index contributed by atoms with van der Waals surface area (Å²) in [5.41, 5.74) is 1.28. The van der Waals surface area contributed by atoms with Gasteiger partial charge in [0, 0.05) is 18.0 Å². The molecule has 2 N–H and O–H groups in total. The van der Waals surface area contributed by atoms with Crippen LogP contribution in [0.2, 0.25) is 0 Å². The first kappa shape index (κ1) is 10.7. The van der Waals surface area contributed by atoms with Gasteiger partial charge in [0.15, 0.2) is 0 Å². The first-order valence-electron chi connectivity index (χ1n) is 5.77. The van der Waals surface area contributed by atoms with E-state index in [4.69, 9.17) is 5.84 Å². The van der Waals surface area contributed by atoms with Crippen LogP contribution in [0.1, 0.15) is 12.7 Å². The summed E-state index contributed by atoms with van der Waals surface area (Å²) in [5.74, 6) is 6.30. The highest BCUT2D eigenvalue weighted by atomic mass is 16.1. The smallest absolute Gasteiger partial charge is 0.279 e. The lowest BCUT2D eigenvalue weighted by molar-refractivity contribution is 0.800. The second-order valence-corrected chi connectivity index (χ2v) is 4.09. The van der Waals surface area contributed by atoms with Gasteiger partial charge in [0.05, 0.1) is 16.4 Å². The van der Waals surface area contributed by atoms with Crippen molar-refractivity contribution < 1.29 is 0 Å². The zero-order valence-corrected chi connectivity index (χ0v) is 9.92. The highest BCUT2D eigenvalue weighted by Crippen LogP contribution is 2.19. The molecule has 2 aromatic heterocycles. The number of aromatic nitrogens is 3. The SMILES string of the molecule is CCc1nc2c(ccc3ncccc32)c(=O)n1N.